The summed E-state index contributed by atoms with van der Waals surface area (Å²) in [6, 6.07) is 0.533. The largest absolute Gasteiger partial charge is 0.311 e. The summed E-state index contributed by atoms with van der Waals surface area (Å²) in [5, 5.41) is 3.43. The number of nitrogens with one attached hydrogen (secondary N) is 1. The molecule has 0 aliphatic heterocycles. The molecule has 0 bridgehead atoms. The summed E-state index contributed by atoms with van der Waals surface area (Å²) in [5.41, 5.74) is 0. The van der Waals surface area contributed by atoms with Crippen molar-refractivity contribution in [3.63, 3.8) is 0 Å². The first-order valence-corrected chi connectivity index (χ1v) is 6.71. The fraction of sp³-hybridized carbons (Fsp3) is 0.857. The predicted octanol–water partition coefficient (Wildman–Crippen LogP) is 4.29. The van der Waals surface area contributed by atoms with E-state index in [0.29, 0.717) is 6.04 Å². The normalized spacial score (nSPS) is 12.7. The minimum Gasteiger partial charge on any atom is -0.311 e. The molecule has 0 aliphatic rings. The van der Waals surface area contributed by atoms with Crippen LogP contribution in [0.2, 0.25) is 0 Å². The highest BCUT2D eigenvalue weighted by atomic mass is 14.9. The van der Waals surface area contributed by atoms with E-state index in [1.54, 1.807) is 0 Å². The highest BCUT2D eigenvalue weighted by Gasteiger charge is 2.00. The predicted molar refractivity (Wildman–Crippen MR) is 70.3 cm³/mol. The molecule has 0 aliphatic carbocycles. The first-order valence-electron chi connectivity index (χ1n) is 6.71. The van der Waals surface area contributed by atoms with Gasteiger partial charge in [-0.1, -0.05) is 64.9 Å². The van der Waals surface area contributed by atoms with E-state index in [-0.39, 0.29) is 0 Å². The molecule has 0 aromatic heterocycles. The van der Waals surface area contributed by atoms with Crippen molar-refractivity contribution in [3.8, 4) is 0 Å². The molecule has 0 saturated carbocycles. The summed E-state index contributed by atoms with van der Waals surface area (Å²) >= 11 is 0. The lowest BCUT2D eigenvalue weighted by Gasteiger charge is -2.12. The van der Waals surface area contributed by atoms with Crippen molar-refractivity contribution in [2.45, 2.75) is 71.3 Å². The van der Waals surface area contributed by atoms with E-state index in [1.807, 2.05) is 6.08 Å². The Morgan fingerprint density at radius 2 is 1.60 bits per heavy atom. The third-order valence-electron chi connectivity index (χ3n) is 2.87. The van der Waals surface area contributed by atoms with Gasteiger partial charge in [-0.25, -0.2) is 0 Å². The standard InChI is InChI=1S/C14H29N/c1-4-7-8-9-10-11-12-13-14(5-2)15-6-3/h5,14-15H,2,4,6-13H2,1,3H3. The molecule has 0 amide bonds. The van der Waals surface area contributed by atoms with E-state index in [1.165, 1.54) is 51.4 Å². The Labute approximate surface area is 96.3 Å². The zero-order valence-corrected chi connectivity index (χ0v) is 10.7. The summed E-state index contributed by atoms with van der Waals surface area (Å²) in [6.07, 6.45) is 13.0. The fourth-order valence-electron chi connectivity index (χ4n) is 1.89. The maximum absolute atomic E-state index is 3.86. The van der Waals surface area contributed by atoms with Gasteiger partial charge in [0.2, 0.25) is 0 Å². The van der Waals surface area contributed by atoms with Gasteiger partial charge >= 0.3 is 0 Å². The Balaban J connectivity index is 3.17. The Morgan fingerprint density at radius 1 is 1.00 bits per heavy atom. The molecule has 1 atom stereocenters. The number of hydrogen-bond acceptors (Lipinski definition) is 1. The van der Waals surface area contributed by atoms with Gasteiger partial charge in [-0.15, -0.1) is 6.58 Å². The molecule has 0 fully saturated rings. The van der Waals surface area contributed by atoms with Crippen LogP contribution in [0.4, 0.5) is 0 Å². The summed E-state index contributed by atoms with van der Waals surface area (Å²) in [5.74, 6) is 0. The molecule has 90 valence electrons. The third-order valence-corrected chi connectivity index (χ3v) is 2.87. The van der Waals surface area contributed by atoms with Gasteiger partial charge in [-0.2, -0.15) is 0 Å². The van der Waals surface area contributed by atoms with Crippen LogP contribution in [0.15, 0.2) is 12.7 Å². The molecule has 0 aromatic carbocycles. The van der Waals surface area contributed by atoms with Crippen LogP contribution in [0.25, 0.3) is 0 Å². The maximum Gasteiger partial charge on any atom is 0.0247 e. The molecule has 1 N–H and O–H groups in total. The average molecular weight is 211 g/mol. The summed E-state index contributed by atoms with van der Waals surface area (Å²) in [4.78, 5) is 0. The van der Waals surface area contributed by atoms with Gasteiger partial charge in [0.15, 0.2) is 0 Å². The molecule has 1 unspecified atom stereocenters. The zero-order chi connectivity index (χ0) is 11.4. The van der Waals surface area contributed by atoms with Crippen LogP contribution in [0.1, 0.15) is 65.2 Å². The average Bonchev–Trinajstić information content (AvgIpc) is 2.26. The summed E-state index contributed by atoms with van der Waals surface area (Å²) in [6.45, 7) is 9.33. The van der Waals surface area contributed by atoms with Crippen molar-refractivity contribution in [2.75, 3.05) is 6.54 Å². The second-order valence-electron chi connectivity index (χ2n) is 4.31. The molecule has 1 nitrogen and oxygen atoms in total. The molecule has 0 spiro atoms. The van der Waals surface area contributed by atoms with Crippen LogP contribution in [-0.2, 0) is 0 Å². The number of hydrogen-bond donors (Lipinski definition) is 1. The molecular formula is C14H29N. The molecule has 0 radical (unpaired) electrons. The van der Waals surface area contributed by atoms with Crippen LogP contribution >= 0.6 is 0 Å². The lowest BCUT2D eigenvalue weighted by Crippen LogP contribution is -2.26. The lowest BCUT2D eigenvalue weighted by atomic mass is 10.1. The number of likely N-dealkylation sites (N-methyl/N-ethyl adjacent to an activating group) is 1. The van der Waals surface area contributed by atoms with E-state index < -0.39 is 0 Å². The van der Waals surface area contributed by atoms with Crippen LogP contribution < -0.4 is 5.32 Å². The second kappa shape index (κ2) is 11.8. The minimum atomic E-state index is 0.533. The van der Waals surface area contributed by atoms with Crippen LogP contribution in [-0.4, -0.2) is 12.6 Å². The smallest absolute Gasteiger partial charge is 0.0247 e. The second-order valence-corrected chi connectivity index (χ2v) is 4.31. The summed E-state index contributed by atoms with van der Waals surface area (Å²) in [7, 11) is 0. The Bertz CT molecular complexity index is 131. The molecule has 0 aromatic rings. The molecular weight excluding hydrogens is 182 g/mol. The van der Waals surface area contributed by atoms with E-state index in [4.69, 9.17) is 0 Å². The zero-order valence-electron chi connectivity index (χ0n) is 10.7. The van der Waals surface area contributed by atoms with Crippen molar-refractivity contribution >= 4 is 0 Å². The Hall–Kier alpha value is -0.300. The van der Waals surface area contributed by atoms with Crippen molar-refractivity contribution in [1.82, 2.24) is 5.32 Å². The van der Waals surface area contributed by atoms with Gasteiger partial charge in [-0.3, -0.25) is 0 Å². The van der Waals surface area contributed by atoms with Crippen molar-refractivity contribution in [2.24, 2.45) is 0 Å². The van der Waals surface area contributed by atoms with Crippen molar-refractivity contribution in [3.05, 3.63) is 12.7 Å². The molecule has 1 heteroatoms. The van der Waals surface area contributed by atoms with Gasteiger partial charge < -0.3 is 5.32 Å². The molecule has 0 saturated heterocycles. The lowest BCUT2D eigenvalue weighted by molar-refractivity contribution is 0.516. The van der Waals surface area contributed by atoms with Crippen LogP contribution in [0.3, 0.4) is 0 Å². The first-order chi connectivity index (χ1) is 7.35. The first kappa shape index (κ1) is 14.7. The van der Waals surface area contributed by atoms with Crippen LogP contribution in [0, 0.1) is 0 Å². The highest BCUT2D eigenvalue weighted by Crippen LogP contribution is 2.09. The third kappa shape index (κ3) is 9.99. The minimum absolute atomic E-state index is 0.533. The van der Waals surface area contributed by atoms with E-state index in [0.717, 1.165) is 6.54 Å². The van der Waals surface area contributed by atoms with Gasteiger partial charge in [0, 0.05) is 6.04 Å². The maximum atomic E-state index is 3.86. The van der Waals surface area contributed by atoms with E-state index in [2.05, 4.69) is 25.7 Å². The number of rotatable bonds is 11. The van der Waals surface area contributed by atoms with Crippen molar-refractivity contribution in [1.29, 1.82) is 0 Å². The van der Waals surface area contributed by atoms with Crippen LogP contribution in [0.5, 0.6) is 0 Å². The fourth-order valence-corrected chi connectivity index (χ4v) is 1.89. The Morgan fingerprint density at radius 3 is 2.13 bits per heavy atom. The van der Waals surface area contributed by atoms with Crippen molar-refractivity contribution < 1.29 is 0 Å². The van der Waals surface area contributed by atoms with E-state index >= 15 is 0 Å². The van der Waals surface area contributed by atoms with Gasteiger partial charge in [0.1, 0.15) is 0 Å². The van der Waals surface area contributed by atoms with E-state index in [9.17, 15) is 0 Å². The number of unbranched alkanes of at least 4 members (excludes halogenated alkanes) is 6. The summed E-state index contributed by atoms with van der Waals surface area (Å²) < 4.78 is 0. The Kier molecular flexibility index (Phi) is 11.5. The van der Waals surface area contributed by atoms with Gasteiger partial charge in [-0.05, 0) is 13.0 Å². The molecule has 0 rings (SSSR count). The SMILES string of the molecule is C=CC(CCCCCCCCC)NCC. The monoisotopic (exact) mass is 211 g/mol. The topological polar surface area (TPSA) is 12.0 Å². The molecule has 0 heterocycles. The quantitative estimate of drug-likeness (QED) is 0.397. The highest BCUT2D eigenvalue weighted by molar-refractivity contribution is 4.84. The molecule has 15 heavy (non-hydrogen) atoms. The van der Waals surface area contributed by atoms with Gasteiger partial charge in [0.05, 0.1) is 0 Å². The van der Waals surface area contributed by atoms with Gasteiger partial charge in [0.25, 0.3) is 0 Å².